The van der Waals surface area contributed by atoms with Crippen LogP contribution in [-0.2, 0) is 30.4 Å². The molecule has 4 rings (SSSR count). The molecular formula is C38H52N12Na4O17S3. The van der Waals surface area contributed by atoms with Crippen molar-refractivity contribution in [2.24, 2.45) is 5.92 Å². The van der Waals surface area contributed by atoms with E-state index in [4.69, 9.17) is 0 Å². The van der Waals surface area contributed by atoms with Crippen molar-refractivity contribution < 1.29 is 198 Å². The average Bonchev–Trinajstić information content (AvgIpc) is 3.29. The molecule has 0 bridgehead atoms. The summed E-state index contributed by atoms with van der Waals surface area (Å²) in [5.41, 5.74) is 0.557. The summed E-state index contributed by atoms with van der Waals surface area (Å²) in [5, 5.41) is 89.8. The Hall–Kier alpha value is -1.59. The minimum absolute atomic E-state index is 0. The summed E-state index contributed by atoms with van der Waals surface area (Å²) in [6, 6.07) is 9.91. The Morgan fingerprint density at radius 2 is 1.16 bits per heavy atom. The number of hydrogen-bond acceptors (Lipinski definition) is 29. The van der Waals surface area contributed by atoms with Crippen molar-refractivity contribution in [3.05, 3.63) is 53.6 Å². The van der Waals surface area contributed by atoms with Crippen molar-refractivity contribution in [3.63, 3.8) is 0 Å². The van der Waals surface area contributed by atoms with Gasteiger partial charge in [0, 0.05) is 50.9 Å². The van der Waals surface area contributed by atoms with Crippen LogP contribution in [0.1, 0.15) is 17.5 Å². The largest absolute Gasteiger partial charge is 1.00 e. The van der Waals surface area contributed by atoms with Crippen LogP contribution in [-0.4, -0.2) is 212 Å². The molecule has 2 aromatic carbocycles. The number of nitrogens with zero attached hydrogens (tertiary/aromatic N) is 8. The van der Waals surface area contributed by atoms with Crippen molar-refractivity contribution in [2.45, 2.75) is 29.6 Å². The third-order valence-electron chi connectivity index (χ3n) is 9.72. The van der Waals surface area contributed by atoms with Gasteiger partial charge >= 0.3 is 118 Å². The molecule has 388 valence electrons. The Morgan fingerprint density at radius 1 is 0.622 bits per heavy atom. The molecule has 0 saturated heterocycles. The van der Waals surface area contributed by atoms with E-state index in [1.54, 1.807) is 0 Å². The van der Waals surface area contributed by atoms with E-state index in [2.05, 4.69) is 57.2 Å². The number of aliphatic hydroxyl groups excluding tert-OH is 8. The second-order valence-electron chi connectivity index (χ2n) is 14.9. The van der Waals surface area contributed by atoms with Gasteiger partial charge in [-0.15, -0.1) is 30.3 Å². The molecule has 0 fully saturated rings. The smallest absolute Gasteiger partial charge is 0.748 e. The van der Waals surface area contributed by atoms with E-state index >= 15 is 0 Å². The number of aromatic nitrogens is 6. The summed E-state index contributed by atoms with van der Waals surface area (Å²) in [5.74, 6) is -4.09. The van der Waals surface area contributed by atoms with Crippen LogP contribution in [0.15, 0.2) is 41.3 Å². The van der Waals surface area contributed by atoms with Crippen LogP contribution in [0, 0.1) is 12.0 Å². The molecule has 2 aromatic heterocycles. The summed E-state index contributed by atoms with van der Waals surface area (Å²) in [6.45, 7) is -4.86. The van der Waals surface area contributed by atoms with Gasteiger partial charge in [-0.1, -0.05) is 12.1 Å². The molecule has 0 aliphatic rings. The molecule has 29 nitrogen and oxygen atoms in total. The Labute approximate surface area is 515 Å². The Bertz CT molecular complexity index is 2700. The van der Waals surface area contributed by atoms with Crippen molar-refractivity contribution in [3.8, 4) is 0 Å². The van der Waals surface area contributed by atoms with Crippen LogP contribution in [0.5, 0.6) is 0 Å². The maximum atomic E-state index is 12.6. The second-order valence-corrected chi connectivity index (χ2v) is 19.3. The van der Waals surface area contributed by atoms with Gasteiger partial charge in [-0.25, -0.2) is 25.3 Å². The minimum Gasteiger partial charge on any atom is -0.748 e. The number of benzene rings is 2. The van der Waals surface area contributed by atoms with Gasteiger partial charge in [0.2, 0.25) is 35.7 Å². The predicted octanol–water partition coefficient (Wildman–Crippen LogP) is -16.0. The zero-order valence-electron chi connectivity index (χ0n) is 40.9. The van der Waals surface area contributed by atoms with Crippen LogP contribution < -0.4 is 149 Å². The summed E-state index contributed by atoms with van der Waals surface area (Å²) < 4.78 is 105. The van der Waals surface area contributed by atoms with Crippen LogP contribution >= 0.6 is 0 Å². The summed E-state index contributed by atoms with van der Waals surface area (Å²) in [6.07, 6.45) is -0.117. The van der Waals surface area contributed by atoms with Crippen LogP contribution in [0.2, 0.25) is 0 Å². The molecule has 0 spiro atoms. The first kappa shape index (κ1) is 72.4. The molecule has 36 heteroatoms. The Balaban J connectivity index is 0.0000133. The third-order valence-corrected chi connectivity index (χ3v) is 12.0. The molecule has 12 N–H and O–H groups in total. The molecule has 4 atom stereocenters. The second kappa shape index (κ2) is 35.1. The maximum Gasteiger partial charge on any atom is 1.00 e. The predicted molar refractivity (Wildman–Crippen MR) is 247 cm³/mol. The molecule has 0 radical (unpaired) electrons. The fourth-order valence-corrected chi connectivity index (χ4v) is 7.67. The number of hydrogen-bond donors (Lipinski definition) is 12. The average molecular weight is 1140 g/mol. The maximum absolute atomic E-state index is 12.6. The number of rotatable bonds is 31. The van der Waals surface area contributed by atoms with Crippen molar-refractivity contribution in [1.82, 2.24) is 29.9 Å². The van der Waals surface area contributed by atoms with Crippen LogP contribution in [0.3, 0.4) is 0 Å². The van der Waals surface area contributed by atoms with E-state index in [1.165, 1.54) is 52.3 Å². The molecular weight excluding hydrogens is 1080 g/mol. The minimum atomic E-state index is -5.17. The molecule has 0 saturated carbocycles. The Morgan fingerprint density at radius 3 is 1.65 bits per heavy atom. The van der Waals surface area contributed by atoms with E-state index in [9.17, 15) is 79.8 Å². The van der Waals surface area contributed by atoms with E-state index in [-0.39, 0.29) is 191 Å². The first-order chi connectivity index (χ1) is 33.1. The Kier molecular flexibility index (Phi) is 34.4. The topological polar surface area (TPSA) is 465 Å². The standard InChI is InChI=1S/C38H55N12O17S3.4Na/c51-14-9-30(57)29(22-55)50(13-16-53)38-46-34(40-11-18-69(62,63)64)44-35(48-38)41-27-6-2-24(3-7-27)1-4-25-5-8-28(19-32(25)70(65,66)67)42-36-43-33(39-10-17-68(59,60)61)45-37(47-36)49(12-15-52)20-26(21-54)31(58)23-56;;;;/h1-2,4-8,19,26,29-31,51-58H,9-18,20-23H2,(H,59,60,61)(H,62,63,64)(H,65,66,67)(H2,39,42,43,45,47)(H2,40,41,44,46,48);;;;/q-1;4*+1/p-3. The quantitative estimate of drug-likeness (QED) is 0.00963. The van der Waals surface area contributed by atoms with Gasteiger partial charge < -0.3 is 85.6 Å². The zero-order chi connectivity index (χ0) is 51.6. The van der Waals surface area contributed by atoms with E-state index in [0.717, 1.165) is 6.07 Å². The third kappa shape index (κ3) is 24.6. The van der Waals surface area contributed by atoms with Gasteiger partial charge in [0.1, 0.15) is 10.1 Å². The van der Waals surface area contributed by atoms with E-state index in [0.29, 0.717) is 11.3 Å². The van der Waals surface area contributed by atoms with Gasteiger partial charge in [-0.05, 0) is 29.8 Å². The van der Waals surface area contributed by atoms with E-state index in [1.807, 2.05) is 0 Å². The summed E-state index contributed by atoms with van der Waals surface area (Å²) in [4.78, 5) is 27.1. The van der Waals surface area contributed by atoms with E-state index < -0.39 is 124 Å². The summed E-state index contributed by atoms with van der Waals surface area (Å²) in [7, 11) is -14.5. The fraction of sp³-hybridized carbons (Fsp3) is 0.474. The molecule has 4 aromatic rings. The number of anilines is 8. The number of nitrogens with one attached hydrogen (secondary N) is 4. The monoisotopic (exact) mass is 1140 g/mol. The first-order valence-electron chi connectivity index (χ1n) is 20.8. The molecule has 4 unspecified atom stereocenters. The van der Waals surface area contributed by atoms with Crippen molar-refractivity contribution >= 4 is 89.6 Å². The first-order valence-corrected chi connectivity index (χ1v) is 25.4. The van der Waals surface area contributed by atoms with Crippen LogP contribution in [0.25, 0.3) is 12.2 Å². The molecule has 2 heterocycles. The normalized spacial score (nSPS) is 13.2. The van der Waals surface area contributed by atoms with Gasteiger partial charge in [0.05, 0.1) is 87.9 Å². The van der Waals surface area contributed by atoms with Crippen LogP contribution in [0.4, 0.5) is 47.1 Å². The summed E-state index contributed by atoms with van der Waals surface area (Å²) >= 11 is 0. The SMILES string of the molecule is O=S(=O)([O-])CCNc1nc(Nc2ccc(C=Cc3[c-]cc(Nc4nc(NCCS(=O)(=O)[O-])nc(N(CCO)C(CO)C(O)CCO)n4)cc3)c(S(=O)(=O)[O-])c2)nc(N(CCO)CC(CO)C(O)CO)n1.[Na+].[Na+].[Na+].[Na+]. The molecule has 74 heavy (non-hydrogen) atoms. The van der Waals surface area contributed by atoms with Gasteiger partial charge in [-0.2, -0.15) is 35.5 Å². The van der Waals surface area contributed by atoms with Gasteiger partial charge in [0.25, 0.3) is 0 Å². The number of aliphatic hydroxyl groups is 8. The molecule has 0 amide bonds. The molecule has 0 aliphatic heterocycles. The molecule has 0 aliphatic carbocycles. The van der Waals surface area contributed by atoms with Gasteiger partial charge in [0.15, 0.2) is 0 Å². The van der Waals surface area contributed by atoms with Gasteiger partial charge in [-0.3, -0.25) is 0 Å². The fourth-order valence-electron chi connectivity index (χ4n) is 6.27. The van der Waals surface area contributed by atoms with Crippen molar-refractivity contribution in [1.29, 1.82) is 0 Å². The zero-order valence-corrected chi connectivity index (χ0v) is 51.3. The van der Waals surface area contributed by atoms with Crippen molar-refractivity contribution in [2.75, 3.05) is 115 Å².